The fraction of sp³-hybridized carbons (Fsp3) is 0.312. The van der Waals surface area contributed by atoms with Gasteiger partial charge in [0.05, 0.1) is 32.1 Å². The number of nitrogens with one attached hydrogen (secondary N) is 1. The van der Waals surface area contributed by atoms with Gasteiger partial charge in [0, 0.05) is 47.9 Å². The van der Waals surface area contributed by atoms with Gasteiger partial charge >= 0.3 is 0 Å². The first-order chi connectivity index (χ1) is 20.1. The average Bonchev–Trinajstić information content (AvgIpc) is 3.56. The van der Waals surface area contributed by atoms with Crippen molar-refractivity contribution in [3.63, 3.8) is 0 Å². The maximum Gasteiger partial charge on any atom is 0.273 e. The Hall–Kier alpha value is -3.85. The van der Waals surface area contributed by atoms with Crippen LogP contribution in [-0.2, 0) is 11.3 Å². The molecule has 4 aromatic rings. The average molecular weight is 573 g/mol. The smallest absolute Gasteiger partial charge is 0.273 e. The second kappa shape index (κ2) is 12.3. The molecule has 8 nitrogen and oxygen atoms in total. The minimum absolute atomic E-state index is 0.0294. The number of aromatic amines is 1. The van der Waals surface area contributed by atoms with Gasteiger partial charge in [0.1, 0.15) is 23.8 Å². The van der Waals surface area contributed by atoms with Crippen LogP contribution in [0.15, 0.2) is 72.8 Å². The Labute approximate surface area is 244 Å². The second-order valence-corrected chi connectivity index (χ2v) is 10.7. The maximum absolute atomic E-state index is 13.7. The van der Waals surface area contributed by atoms with E-state index in [0.717, 1.165) is 78.7 Å². The molecule has 1 fully saturated rings. The zero-order valence-corrected chi connectivity index (χ0v) is 23.8. The Morgan fingerprint density at radius 3 is 2.44 bits per heavy atom. The van der Waals surface area contributed by atoms with E-state index in [9.17, 15) is 4.79 Å². The topological polar surface area (TPSA) is 79.9 Å². The summed E-state index contributed by atoms with van der Waals surface area (Å²) in [5, 5.41) is 8.33. The van der Waals surface area contributed by atoms with Crippen LogP contribution in [0, 0.1) is 0 Å². The molecule has 3 aromatic carbocycles. The van der Waals surface area contributed by atoms with Crippen LogP contribution in [0.3, 0.4) is 0 Å². The molecular formula is C32H33ClN4O4. The number of ether oxygens (including phenoxy) is 3. The molecule has 1 unspecified atom stereocenters. The van der Waals surface area contributed by atoms with E-state index in [1.165, 1.54) is 0 Å². The number of halogens is 1. The summed E-state index contributed by atoms with van der Waals surface area (Å²) in [6, 6.07) is 23.1. The number of amides is 1. The van der Waals surface area contributed by atoms with E-state index in [2.05, 4.69) is 15.1 Å². The minimum Gasteiger partial charge on any atom is -0.497 e. The van der Waals surface area contributed by atoms with Crippen LogP contribution in [0.2, 0.25) is 5.02 Å². The number of benzene rings is 3. The van der Waals surface area contributed by atoms with E-state index in [0.29, 0.717) is 23.9 Å². The van der Waals surface area contributed by atoms with Gasteiger partial charge in [0.2, 0.25) is 0 Å². The third kappa shape index (κ3) is 5.81. The molecule has 3 heterocycles. The molecule has 2 aliphatic rings. The maximum atomic E-state index is 13.7. The number of fused-ring (bicyclic) bond motifs is 1. The Morgan fingerprint density at radius 1 is 0.976 bits per heavy atom. The van der Waals surface area contributed by atoms with Crippen LogP contribution >= 0.6 is 11.6 Å². The van der Waals surface area contributed by atoms with Gasteiger partial charge in [-0.15, -0.1) is 0 Å². The molecule has 1 atom stereocenters. The number of methoxy groups -OCH3 is 1. The standard InChI is InChI=1S/C32H33ClN4O4/c1-39-25-11-7-22(8-12-25)29-28-30(35-34-29)32(38)37(16-4-15-36-17-19-40-20-18-36)31(28)23-9-13-26(14-10-23)41-21-24-5-2-3-6-27(24)33/h2-3,5-14,31H,4,15-21H2,1H3,(H,34,35). The molecule has 212 valence electrons. The van der Waals surface area contributed by atoms with Gasteiger partial charge in [-0.25, -0.2) is 0 Å². The van der Waals surface area contributed by atoms with Crippen LogP contribution < -0.4 is 9.47 Å². The molecule has 0 radical (unpaired) electrons. The predicted molar refractivity (Wildman–Crippen MR) is 158 cm³/mol. The summed E-state index contributed by atoms with van der Waals surface area (Å²) in [4.78, 5) is 18.1. The van der Waals surface area contributed by atoms with E-state index >= 15 is 0 Å². The number of hydrogen-bond donors (Lipinski definition) is 1. The van der Waals surface area contributed by atoms with Crippen molar-refractivity contribution >= 4 is 17.5 Å². The Morgan fingerprint density at radius 2 is 1.71 bits per heavy atom. The number of rotatable bonds is 10. The Kier molecular flexibility index (Phi) is 8.23. The molecule has 0 bridgehead atoms. The molecule has 1 aromatic heterocycles. The van der Waals surface area contributed by atoms with Gasteiger partial charge in [0.15, 0.2) is 0 Å². The highest BCUT2D eigenvalue weighted by atomic mass is 35.5. The summed E-state index contributed by atoms with van der Waals surface area (Å²) in [5.74, 6) is 1.48. The van der Waals surface area contributed by atoms with Crippen LogP contribution in [0.5, 0.6) is 11.5 Å². The zero-order chi connectivity index (χ0) is 28.2. The number of H-pyrrole nitrogens is 1. The molecule has 1 N–H and O–H groups in total. The quantitative estimate of drug-likeness (QED) is 0.267. The number of morpholine rings is 1. The number of aromatic nitrogens is 2. The largest absolute Gasteiger partial charge is 0.497 e. The van der Waals surface area contributed by atoms with Crippen molar-refractivity contribution in [2.75, 3.05) is 46.5 Å². The highest BCUT2D eigenvalue weighted by Gasteiger charge is 2.42. The van der Waals surface area contributed by atoms with E-state index in [-0.39, 0.29) is 11.9 Å². The molecule has 1 amide bonds. The fourth-order valence-electron chi connectivity index (χ4n) is 5.56. The summed E-state index contributed by atoms with van der Waals surface area (Å²) < 4.78 is 16.9. The first-order valence-corrected chi connectivity index (χ1v) is 14.3. The van der Waals surface area contributed by atoms with Crippen LogP contribution in [0.4, 0.5) is 0 Å². The van der Waals surface area contributed by atoms with Crippen LogP contribution in [-0.4, -0.2) is 72.4 Å². The fourth-order valence-corrected chi connectivity index (χ4v) is 5.75. The normalized spacial score (nSPS) is 17.1. The van der Waals surface area contributed by atoms with E-state index < -0.39 is 0 Å². The van der Waals surface area contributed by atoms with Crippen LogP contribution in [0.25, 0.3) is 11.3 Å². The highest BCUT2D eigenvalue weighted by Crippen LogP contribution is 2.43. The van der Waals surface area contributed by atoms with Gasteiger partial charge in [-0.1, -0.05) is 41.9 Å². The Balaban J connectivity index is 1.27. The number of hydrogen-bond acceptors (Lipinski definition) is 6. The van der Waals surface area contributed by atoms with Gasteiger partial charge in [-0.05, 0) is 54.4 Å². The SMILES string of the molecule is COc1ccc(-c2n[nH]c3c2C(c2ccc(OCc4ccccc4Cl)cc2)N(CCCN2CCOCC2)C3=O)cc1. The highest BCUT2D eigenvalue weighted by molar-refractivity contribution is 6.31. The zero-order valence-electron chi connectivity index (χ0n) is 23.0. The first kappa shape index (κ1) is 27.3. The number of carbonyl (C=O) groups is 1. The first-order valence-electron chi connectivity index (χ1n) is 13.9. The monoisotopic (exact) mass is 572 g/mol. The van der Waals surface area contributed by atoms with Crippen molar-refractivity contribution in [2.45, 2.75) is 19.1 Å². The predicted octanol–water partition coefficient (Wildman–Crippen LogP) is 5.59. The summed E-state index contributed by atoms with van der Waals surface area (Å²) >= 11 is 6.30. The molecule has 0 saturated carbocycles. The van der Waals surface area contributed by atoms with Gasteiger partial charge in [0.25, 0.3) is 5.91 Å². The molecule has 6 rings (SSSR count). The van der Waals surface area contributed by atoms with E-state index in [4.69, 9.17) is 25.8 Å². The molecule has 9 heteroatoms. The summed E-state index contributed by atoms with van der Waals surface area (Å²) in [5.41, 5.74) is 5.08. The number of carbonyl (C=O) groups excluding carboxylic acids is 1. The lowest BCUT2D eigenvalue weighted by Gasteiger charge is -2.29. The summed E-state index contributed by atoms with van der Waals surface area (Å²) in [7, 11) is 1.65. The lowest BCUT2D eigenvalue weighted by molar-refractivity contribution is 0.0354. The van der Waals surface area contributed by atoms with Gasteiger partial charge in [-0.2, -0.15) is 5.10 Å². The molecule has 2 aliphatic heterocycles. The van der Waals surface area contributed by atoms with Gasteiger partial charge in [-0.3, -0.25) is 14.8 Å². The molecule has 1 saturated heterocycles. The minimum atomic E-state index is -0.268. The second-order valence-electron chi connectivity index (χ2n) is 10.2. The molecule has 0 spiro atoms. The third-order valence-corrected chi connectivity index (χ3v) is 8.12. The van der Waals surface area contributed by atoms with Crippen molar-refractivity contribution in [1.82, 2.24) is 20.0 Å². The van der Waals surface area contributed by atoms with Gasteiger partial charge < -0.3 is 19.1 Å². The summed E-state index contributed by atoms with van der Waals surface area (Å²) in [6.45, 7) is 5.31. The molecular weight excluding hydrogens is 540 g/mol. The van der Waals surface area contributed by atoms with Crippen molar-refractivity contribution in [3.05, 3.63) is 100 Å². The lowest BCUT2D eigenvalue weighted by atomic mass is 9.96. The Bertz CT molecular complexity index is 1480. The molecule has 41 heavy (non-hydrogen) atoms. The van der Waals surface area contributed by atoms with Crippen molar-refractivity contribution < 1.29 is 19.0 Å². The van der Waals surface area contributed by atoms with E-state index in [1.807, 2.05) is 77.7 Å². The lowest BCUT2D eigenvalue weighted by Crippen LogP contribution is -2.38. The third-order valence-electron chi connectivity index (χ3n) is 7.75. The van der Waals surface area contributed by atoms with Crippen molar-refractivity contribution in [2.24, 2.45) is 0 Å². The van der Waals surface area contributed by atoms with Crippen LogP contribution in [0.1, 0.15) is 39.6 Å². The summed E-state index contributed by atoms with van der Waals surface area (Å²) in [6.07, 6.45) is 0.872. The molecule has 0 aliphatic carbocycles. The van der Waals surface area contributed by atoms with Crippen molar-refractivity contribution in [1.29, 1.82) is 0 Å². The van der Waals surface area contributed by atoms with Crippen molar-refractivity contribution in [3.8, 4) is 22.8 Å². The number of nitrogens with zero attached hydrogens (tertiary/aromatic N) is 3. The van der Waals surface area contributed by atoms with E-state index in [1.54, 1.807) is 7.11 Å².